The molecule has 0 spiro atoms. The summed E-state index contributed by atoms with van der Waals surface area (Å²) in [6, 6.07) is 8.88. The van der Waals surface area contributed by atoms with Gasteiger partial charge < -0.3 is 10.6 Å². The molecule has 2 rings (SSSR count). The normalized spacial score (nSPS) is 10.2. The predicted octanol–water partition coefficient (Wildman–Crippen LogP) is 3.65. The molecule has 1 heterocycles. The summed E-state index contributed by atoms with van der Waals surface area (Å²) in [6.07, 6.45) is 0. The number of hydrogen-bond acceptors (Lipinski definition) is 3. The second kappa shape index (κ2) is 5.92. The predicted molar refractivity (Wildman–Crippen MR) is 82.7 cm³/mol. The summed E-state index contributed by atoms with van der Waals surface area (Å²) in [7, 11) is 1.77. The monoisotopic (exact) mass is 289 g/mol. The third-order valence-electron chi connectivity index (χ3n) is 2.99. The maximum absolute atomic E-state index is 12.3. The van der Waals surface area contributed by atoms with Crippen molar-refractivity contribution in [3.05, 3.63) is 52.2 Å². The Kier molecular flexibility index (Phi) is 4.25. The van der Waals surface area contributed by atoms with Crippen LogP contribution >= 0.6 is 11.6 Å². The van der Waals surface area contributed by atoms with Gasteiger partial charge in [0.2, 0.25) is 0 Å². The van der Waals surface area contributed by atoms with Crippen molar-refractivity contribution < 1.29 is 4.79 Å². The van der Waals surface area contributed by atoms with Crippen LogP contribution in [0.1, 0.15) is 21.6 Å². The van der Waals surface area contributed by atoms with Gasteiger partial charge in [-0.3, -0.25) is 4.79 Å². The highest BCUT2D eigenvalue weighted by atomic mass is 35.5. The van der Waals surface area contributed by atoms with Gasteiger partial charge in [0.15, 0.2) is 0 Å². The first-order chi connectivity index (χ1) is 9.51. The van der Waals surface area contributed by atoms with Crippen molar-refractivity contribution >= 4 is 29.0 Å². The number of carbonyl (C=O) groups is 1. The molecule has 0 saturated carbocycles. The molecule has 0 aliphatic carbocycles. The summed E-state index contributed by atoms with van der Waals surface area (Å²) in [5.74, 6) is 0.482. The van der Waals surface area contributed by atoms with Gasteiger partial charge >= 0.3 is 0 Å². The molecule has 0 radical (unpaired) electrons. The number of rotatable bonds is 3. The Hall–Kier alpha value is -2.07. The van der Waals surface area contributed by atoms with Gasteiger partial charge in [0.25, 0.3) is 5.91 Å². The van der Waals surface area contributed by atoms with Crippen LogP contribution in [0.2, 0.25) is 5.02 Å². The highest BCUT2D eigenvalue weighted by molar-refractivity contribution is 6.31. The smallest absolute Gasteiger partial charge is 0.255 e. The topological polar surface area (TPSA) is 54.0 Å². The van der Waals surface area contributed by atoms with Gasteiger partial charge in [0.1, 0.15) is 5.82 Å². The zero-order valence-electron chi connectivity index (χ0n) is 11.6. The average Bonchev–Trinajstić information content (AvgIpc) is 2.43. The third-order valence-corrected chi connectivity index (χ3v) is 3.40. The van der Waals surface area contributed by atoms with Crippen LogP contribution in [-0.4, -0.2) is 17.9 Å². The van der Waals surface area contributed by atoms with Gasteiger partial charge in [0, 0.05) is 29.0 Å². The number of aryl methyl sites for hydroxylation is 1. The quantitative estimate of drug-likeness (QED) is 0.907. The number of halogens is 1. The van der Waals surface area contributed by atoms with E-state index in [2.05, 4.69) is 15.6 Å². The number of aromatic nitrogens is 1. The Morgan fingerprint density at radius 3 is 2.70 bits per heavy atom. The van der Waals surface area contributed by atoms with E-state index in [0.717, 1.165) is 11.3 Å². The van der Waals surface area contributed by atoms with Crippen LogP contribution in [0.5, 0.6) is 0 Å². The van der Waals surface area contributed by atoms with Gasteiger partial charge in [-0.1, -0.05) is 17.7 Å². The fourth-order valence-corrected chi connectivity index (χ4v) is 2.04. The van der Waals surface area contributed by atoms with Crippen LogP contribution in [0.3, 0.4) is 0 Å². The molecule has 4 nitrogen and oxygen atoms in total. The van der Waals surface area contributed by atoms with Crippen LogP contribution in [0.15, 0.2) is 30.3 Å². The summed E-state index contributed by atoms with van der Waals surface area (Å²) in [5, 5.41) is 6.43. The number of benzene rings is 1. The lowest BCUT2D eigenvalue weighted by molar-refractivity contribution is 0.102. The van der Waals surface area contributed by atoms with Crippen molar-refractivity contribution in [3.8, 4) is 0 Å². The minimum absolute atomic E-state index is 0.183. The Bertz CT molecular complexity index is 656. The van der Waals surface area contributed by atoms with E-state index in [-0.39, 0.29) is 5.91 Å². The SMILES string of the molecule is CNc1cc(C(=O)Nc2cccc(Cl)c2C)cc(C)n1. The summed E-state index contributed by atoms with van der Waals surface area (Å²) >= 11 is 6.04. The molecule has 1 amide bonds. The standard InChI is InChI=1S/C15H16ClN3O/c1-9-7-11(8-14(17-3)18-9)15(20)19-13-6-4-5-12(16)10(13)2/h4-8H,1-3H3,(H,17,18)(H,19,20). The first-order valence-corrected chi connectivity index (χ1v) is 6.62. The number of pyridine rings is 1. The zero-order valence-corrected chi connectivity index (χ0v) is 12.4. The molecule has 104 valence electrons. The molecule has 5 heteroatoms. The summed E-state index contributed by atoms with van der Waals surface area (Å²) in [6.45, 7) is 3.72. The first-order valence-electron chi connectivity index (χ1n) is 6.24. The van der Waals surface area contributed by atoms with E-state index in [0.29, 0.717) is 22.1 Å². The molecule has 0 unspecified atom stereocenters. The van der Waals surface area contributed by atoms with Crippen LogP contribution in [0.4, 0.5) is 11.5 Å². The summed E-state index contributed by atoms with van der Waals surface area (Å²) < 4.78 is 0. The Labute approximate surface area is 123 Å². The Morgan fingerprint density at radius 1 is 1.25 bits per heavy atom. The van der Waals surface area contributed by atoms with Crippen LogP contribution in [0, 0.1) is 13.8 Å². The van der Waals surface area contributed by atoms with Crippen molar-refractivity contribution in [1.29, 1.82) is 0 Å². The van der Waals surface area contributed by atoms with Crippen molar-refractivity contribution in [2.45, 2.75) is 13.8 Å². The molecular formula is C15H16ClN3O. The van der Waals surface area contributed by atoms with Crippen LogP contribution in [-0.2, 0) is 0 Å². The average molecular weight is 290 g/mol. The van der Waals surface area contributed by atoms with Crippen molar-refractivity contribution in [2.24, 2.45) is 0 Å². The van der Waals surface area contributed by atoms with E-state index < -0.39 is 0 Å². The van der Waals surface area contributed by atoms with E-state index in [1.807, 2.05) is 26.0 Å². The van der Waals surface area contributed by atoms with E-state index in [4.69, 9.17) is 11.6 Å². The molecule has 1 aromatic carbocycles. The number of nitrogens with zero attached hydrogens (tertiary/aromatic N) is 1. The third kappa shape index (κ3) is 3.08. The maximum Gasteiger partial charge on any atom is 0.255 e. The fraction of sp³-hybridized carbons (Fsp3) is 0.200. The van der Waals surface area contributed by atoms with Crippen molar-refractivity contribution in [3.63, 3.8) is 0 Å². The fourth-order valence-electron chi connectivity index (χ4n) is 1.87. The van der Waals surface area contributed by atoms with Crippen LogP contribution < -0.4 is 10.6 Å². The van der Waals surface area contributed by atoms with Gasteiger partial charge in [0.05, 0.1) is 0 Å². The second-order valence-electron chi connectivity index (χ2n) is 4.50. The van der Waals surface area contributed by atoms with Gasteiger partial charge in [-0.15, -0.1) is 0 Å². The van der Waals surface area contributed by atoms with E-state index in [1.54, 1.807) is 25.2 Å². The van der Waals surface area contributed by atoms with E-state index >= 15 is 0 Å². The summed E-state index contributed by atoms with van der Waals surface area (Å²) in [5.41, 5.74) is 2.90. The Balaban J connectivity index is 2.28. The number of hydrogen-bond donors (Lipinski definition) is 2. The molecule has 0 aliphatic rings. The molecule has 0 bridgehead atoms. The second-order valence-corrected chi connectivity index (χ2v) is 4.91. The number of amides is 1. The highest BCUT2D eigenvalue weighted by Crippen LogP contribution is 2.23. The lowest BCUT2D eigenvalue weighted by atomic mass is 10.1. The maximum atomic E-state index is 12.3. The van der Waals surface area contributed by atoms with Gasteiger partial charge in [-0.05, 0) is 43.7 Å². The Morgan fingerprint density at radius 2 is 2.00 bits per heavy atom. The zero-order chi connectivity index (χ0) is 14.7. The van der Waals surface area contributed by atoms with Crippen molar-refractivity contribution in [2.75, 3.05) is 17.7 Å². The molecule has 0 aliphatic heterocycles. The molecule has 0 fully saturated rings. The minimum atomic E-state index is -0.183. The number of carbonyl (C=O) groups excluding carboxylic acids is 1. The first kappa shape index (κ1) is 14.3. The molecule has 0 atom stereocenters. The van der Waals surface area contributed by atoms with Crippen LogP contribution in [0.25, 0.3) is 0 Å². The largest absolute Gasteiger partial charge is 0.373 e. The lowest BCUT2D eigenvalue weighted by Crippen LogP contribution is -2.14. The van der Waals surface area contributed by atoms with E-state index in [1.165, 1.54) is 0 Å². The van der Waals surface area contributed by atoms with Gasteiger partial charge in [-0.25, -0.2) is 4.98 Å². The molecule has 2 N–H and O–H groups in total. The number of anilines is 2. The minimum Gasteiger partial charge on any atom is -0.373 e. The molecular weight excluding hydrogens is 274 g/mol. The van der Waals surface area contributed by atoms with Crippen molar-refractivity contribution in [1.82, 2.24) is 4.98 Å². The summed E-state index contributed by atoms with van der Waals surface area (Å²) in [4.78, 5) is 16.5. The highest BCUT2D eigenvalue weighted by Gasteiger charge is 2.10. The molecule has 20 heavy (non-hydrogen) atoms. The molecule has 1 aromatic heterocycles. The molecule has 0 saturated heterocycles. The number of nitrogens with one attached hydrogen (secondary N) is 2. The van der Waals surface area contributed by atoms with Gasteiger partial charge in [-0.2, -0.15) is 0 Å². The molecule has 2 aromatic rings. The lowest BCUT2D eigenvalue weighted by Gasteiger charge is -2.10. The van der Waals surface area contributed by atoms with E-state index in [9.17, 15) is 4.79 Å².